The smallest absolute Gasteiger partial charge is 0.0721 e. The van der Waals surface area contributed by atoms with Gasteiger partial charge in [-0.25, -0.2) is 0 Å². The van der Waals surface area contributed by atoms with Crippen molar-refractivity contribution in [3.63, 3.8) is 0 Å². The molecule has 1 heteroatoms. The lowest BCUT2D eigenvalue weighted by atomic mass is 9.77. The van der Waals surface area contributed by atoms with Crippen LogP contribution in [0, 0.1) is 5.92 Å². The van der Waals surface area contributed by atoms with E-state index in [4.69, 9.17) is 4.74 Å². The van der Waals surface area contributed by atoms with Gasteiger partial charge in [0, 0.05) is 0 Å². The molecule has 0 atom stereocenters. The molecular weight excluding hydrogens is 352 g/mol. The van der Waals surface area contributed by atoms with Crippen molar-refractivity contribution in [3.05, 3.63) is 72.3 Å². The zero-order chi connectivity index (χ0) is 20.3. The molecule has 0 saturated heterocycles. The van der Waals surface area contributed by atoms with E-state index in [1.165, 1.54) is 80.0 Å². The van der Waals surface area contributed by atoms with Gasteiger partial charge in [-0.3, -0.25) is 0 Å². The lowest BCUT2D eigenvalue weighted by Gasteiger charge is -2.29. The van der Waals surface area contributed by atoms with E-state index in [-0.39, 0.29) is 0 Å². The summed E-state index contributed by atoms with van der Waals surface area (Å²) in [6.07, 6.45) is 14.5. The number of unbranched alkanes of at least 4 members (excludes halogenated alkanes) is 3. The van der Waals surface area contributed by atoms with E-state index >= 15 is 0 Å². The summed E-state index contributed by atoms with van der Waals surface area (Å²) >= 11 is 0. The zero-order valence-electron chi connectivity index (χ0n) is 18.2. The molecule has 0 bridgehead atoms. The van der Waals surface area contributed by atoms with Crippen LogP contribution in [0.1, 0.15) is 81.8 Å². The Balaban J connectivity index is 1.48. The van der Waals surface area contributed by atoms with E-state index in [1.54, 1.807) is 6.08 Å². The van der Waals surface area contributed by atoms with E-state index in [1.807, 2.05) is 0 Å². The van der Waals surface area contributed by atoms with Crippen molar-refractivity contribution in [2.75, 3.05) is 6.61 Å². The third-order valence-electron chi connectivity index (χ3n) is 6.49. The molecule has 0 spiro atoms. The first-order valence-electron chi connectivity index (χ1n) is 11.7. The first-order chi connectivity index (χ1) is 14.3. The van der Waals surface area contributed by atoms with E-state index < -0.39 is 0 Å². The molecule has 0 aromatic heterocycles. The van der Waals surface area contributed by atoms with Crippen molar-refractivity contribution in [2.45, 2.75) is 77.2 Å². The Morgan fingerprint density at radius 1 is 0.862 bits per heavy atom. The molecule has 1 saturated carbocycles. The van der Waals surface area contributed by atoms with Gasteiger partial charge in [0.25, 0.3) is 0 Å². The minimum Gasteiger partial charge on any atom is -0.373 e. The van der Waals surface area contributed by atoms with Crippen molar-refractivity contribution in [3.8, 4) is 11.1 Å². The van der Waals surface area contributed by atoms with Gasteiger partial charge in [-0.15, -0.1) is 6.58 Å². The maximum atomic E-state index is 5.52. The van der Waals surface area contributed by atoms with Crippen molar-refractivity contribution >= 4 is 0 Å². The summed E-state index contributed by atoms with van der Waals surface area (Å²) < 4.78 is 5.52. The Labute approximate surface area is 178 Å². The van der Waals surface area contributed by atoms with Gasteiger partial charge in [-0.2, -0.15) is 0 Å². The lowest BCUT2D eigenvalue weighted by Crippen LogP contribution is -2.13. The molecule has 1 nitrogen and oxygen atoms in total. The highest BCUT2D eigenvalue weighted by Crippen LogP contribution is 2.38. The highest BCUT2D eigenvalue weighted by molar-refractivity contribution is 5.64. The predicted molar refractivity (Wildman–Crippen MR) is 125 cm³/mol. The van der Waals surface area contributed by atoms with Crippen molar-refractivity contribution in [1.82, 2.24) is 0 Å². The molecule has 0 heterocycles. The molecule has 0 N–H and O–H groups in total. The van der Waals surface area contributed by atoms with E-state index in [9.17, 15) is 0 Å². The molecule has 2 aromatic carbocycles. The Morgan fingerprint density at radius 2 is 1.52 bits per heavy atom. The van der Waals surface area contributed by atoms with Gasteiger partial charge < -0.3 is 4.74 Å². The summed E-state index contributed by atoms with van der Waals surface area (Å²) in [5.74, 6) is 1.75. The fourth-order valence-corrected chi connectivity index (χ4v) is 4.65. The predicted octanol–water partition coefficient (Wildman–Crippen LogP) is 8.30. The third kappa shape index (κ3) is 6.85. The standard InChI is InChI=1S/C28H38O/c1-3-5-6-7-8-23-9-13-25(14-10-23)27-17-19-28(20-18-27)26-15-11-24(12-16-26)22-29-21-4-2/h4,11-12,15-20,23,25H,2-3,5-10,13-14,21-22H2,1H3/t23-,25-. The Morgan fingerprint density at radius 3 is 2.14 bits per heavy atom. The quantitative estimate of drug-likeness (QED) is 0.277. The van der Waals surface area contributed by atoms with Crippen LogP contribution in [0.25, 0.3) is 11.1 Å². The van der Waals surface area contributed by atoms with Crippen LogP contribution in [0.2, 0.25) is 0 Å². The van der Waals surface area contributed by atoms with Crippen LogP contribution in [-0.2, 0) is 11.3 Å². The van der Waals surface area contributed by atoms with E-state index in [0.717, 1.165) is 11.8 Å². The van der Waals surface area contributed by atoms with Crippen molar-refractivity contribution < 1.29 is 4.74 Å². The maximum absolute atomic E-state index is 5.52. The molecule has 29 heavy (non-hydrogen) atoms. The second kappa shape index (κ2) is 12.0. The number of hydrogen-bond acceptors (Lipinski definition) is 1. The van der Waals surface area contributed by atoms with Crippen LogP contribution < -0.4 is 0 Å². The SMILES string of the molecule is C=CCOCc1ccc(-c2ccc([C@H]3CC[C@H](CCCCCC)CC3)cc2)cc1. The topological polar surface area (TPSA) is 9.23 Å². The Hall–Kier alpha value is -1.86. The van der Waals surface area contributed by atoms with Gasteiger partial charge in [0.15, 0.2) is 0 Å². The molecule has 0 aliphatic heterocycles. The highest BCUT2D eigenvalue weighted by Gasteiger charge is 2.22. The summed E-state index contributed by atoms with van der Waals surface area (Å²) in [6, 6.07) is 18.1. The molecule has 1 aliphatic rings. The number of benzene rings is 2. The fraction of sp³-hybridized carbons (Fsp3) is 0.500. The fourth-order valence-electron chi connectivity index (χ4n) is 4.65. The van der Waals surface area contributed by atoms with Crippen LogP contribution in [0.3, 0.4) is 0 Å². The average molecular weight is 391 g/mol. The van der Waals surface area contributed by atoms with Crippen molar-refractivity contribution in [1.29, 1.82) is 0 Å². The Kier molecular flexibility index (Phi) is 9.02. The van der Waals surface area contributed by atoms with Gasteiger partial charge in [0.1, 0.15) is 0 Å². The lowest BCUT2D eigenvalue weighted by molar-refractivity contribution is 0.149. The second-order valence-electron chi connectivity index (χ2n) is 8.69. The zero-order valence-corrected chi connectivity index (χ0v) is 18.2. The first-order valence-corrected chi connectivity index (χ1v) is 11.7. The van der Waals surface area contributed by atoms with E-state index in [0.29, 0.717) is 13.2 Å². The highest BCUT2D eigenvalue weighted by atomic mass is 16.5. The normalized spacial score (nSPS) is 19.2. The Bertz CT molecular complexity index is 705. The number of ether oxygens (including phenoxy) is 1. The van der Waals surface area contributed by atoms with Gasteiger partial charge >= 0.3 is 0 Å². The van der Waals surface area contributed by atoms with Crippen LogP contribution >= 0.6 is 0 Å². The molecule has 0 amide bonds. The molecule has 1 fully saturated rings. The molecule has 1 aliphatic carbocycles. The summed E-state index contributed by atoms with van der Waals surface area (Å²) in [5.41, 5.74) is 5.32. The van der Waals surface area contributed by atoms with Crippen LogP contribution in [0.5, 0.6) is 0 Å². The molecule has 3 rings (SSSR count). The van der Waals surface area contributed by atoms with Crippen LogP contribution in [0.4, 0.5) is 0 Å². The van der Waals surface area contributed by atoms with Gasteiger partial charge in [-0.1, -0.05) is 93.6 Å². The summed E-state index contributed by atoms with van der Waals surface area (Å²) in [7, 11) is 0. The minimum absolute atomic E-state index is 0.601. The van der Waals surface area contributed by atoms with Crippen molar-refractivity contribution in [2.24, 2.45) is 5.92 Å². The molecule has 0 unspecified atom stereocenters. The molecule has 2 aromatic rings. The van der Waals surface area contributed by atoms with Crippen LogP contribution in [-0.4, -0.2) is 6.61 Å². The summed E-state index contributed by atoms with van der Waals surface area (Å²) in [5, 5.41) is 0. The molecule has 0 radical (unpaired) electrons. The summed E-state index contributed by atoms with van der Waals surface area (Å²) in [6.45, 7) is 7.23. The average Bonchev–Trinajstić information content (AvgIpc) is 2.78. The maximum Gasteiger partial charge on any atom is 0.0721 e. The number of rotatable bonds is 11. The second-order valence-corrected chi connectivity index (χ2v) is 8.69. The summed E-state index contributed by atoms with van der Waals surface area (Å²) in [4.78, 5) is 0. The van der Waals surface area contributed by atoms with Gasteiger partial charge in [0.2, 0.25) is 0 Å². The molecule has 156 valence electrons. The van der Waals surface area contributed by atoms with Gasteiger partial charge in [0.05, 0.1) is 13.2 Å². The third-order valence-corrected chi connectivity index (χ3v) is 6.49. The van der Waals surface area contributed by atoms with Gasteiger partial charge in [-0.05, 0) is 59.8 Å². The first kappa shape index (κ1) is 21.8. The molecular formula is C28H38O. The van der Waals surface area contributed by atoms with E-state index in [2.05, 4.69) is 62.0 Å². The largest absolute Gasteiger partial charge is 0.373 e. The minimum atomic E-state index is 0.601. The number of hydrogen-bond donors (Lipinski definition) is 0. The monoisotopic (exact) mass is 390 g/mol. The van der Waals surface area contributed by atoms with Crippen LogP contribution in [0.15, 0.2) is 61.2 Å².